The van der Waals surface area contributed by atoms with Crippen LogP contribution in [0.15, 0.2) is 24.5 Å². The molecule has 0 amide bonds. The number of aromatic nitrogens is 4. The van der Waals surface area contributed by atoms with E-state index >= 15 is 0 Å². The predicted octanol–water partition coefficient (Wildman–Crippen LogP) is 2.00. The Labute approximate surface area is 118 Å². The SMILES string of the molecule is CNCc1nn(C)c(C)c1-c1ccc2c(c1)ncn2C. The maximum atomic E-state index is 4.59. The molecule has 3 rings (SSSR count). The van der Waals surface area contributed by atoms with Crippen molar-refractivity contribution in [1.29, 1.82) is 0 Å². The molecule has 0 aliphatic rings. The fourth-order valence-electron chi connectivity index (χ4n) is 2.63. The molecule has 2 aromatic heterocycles. The van der Waals surface area contributed by atoms with Crippen LogP contribution < -0.4 is 5.32 Å². The van der Waals surface area contributed by atoms with Gasteiger partial charge in [-0.2, -0.15) is 5.10 Å². The maximum Gasteiger partial charge on any atom is 0.0955 e. The van der Waals surface area contributed by atoms with E-state index in [0.717, 1.165) is 23.3 Å². The summed E-state index contributed by atoms with van der Waals surface area (Å²) in [6.45, 7) is 2.86. The number of benzene rings is 1. The summed E-state index contributed by atoms with van der Waals surface area (Å²) in [5.74, 6) is 0. The third kappa shape index (κ3) is 1.91. The van der Waals surface area contributed by atoms with Gasteiger partial charge < -0.3 is 9.88 Å². The zero-order valence-corrected chi connectivity index (χ0v) is 12.3. The molecule has 1 aromatic carbocycles. The van der Waals surface area contributed by atoms with Gasteiger partial charge >= 0.3 is 0 Å². The Hall–Kier alpha value is -2.14. The lowest BCUT2D eigenvalue weighted by molar-refractivity contribution is 0.698. The Morgan fingerprint density at radius 3 is 2.80 bits per heavy atom. The molecule has 0 aliphatic heterocycles. The highest BCUT2D eigenvalue weighted by Crippen LogP contribution is 2.29. The third-order valence-corrected chi connectivity index (χ3v) is 3.76. The molecule has 1 N–H and O–H groups in total. The van der Waals surface area contributed by atoms with Crippen LogP contribution in [0.25, 0.3) is 22.2 Å². The Kier molecular flexibility index (Phi) is 3.06. The van der Waals surface area contributed by atoms with E-state index in [4.69, 9.17) is 0 Å². The molecule has 0 spiro atoms. The molecule has 0 saturated carbocycles. The number of hydrogen-bond donors (Lipinski definition) is 1. The van der Waals surface area contributed by atoms with Crippen LogP contribution in [0.1, 0.15) is 11.4 Å². The van der Waals surface area contributed by atoms with Crippen LogP contribution in [0.2, 0.25) is 0 Å². The second-order valence-corrected chi connectivity index (χ2v) is 5.12. The number of hydrogen-bond acceptors (Lipinski definition) is 3. The van der Waals surface area contributed by atoms with Gasteiger partial charge in [-0.15, -0.1) is 0 Å². The molecule has 0 bridgehead atoms. The van der Waals surface area contributed by atoms with E-state index in [1.807, 2.05) is 36.7 Å². The van der Waals surface area contributed by atoms with E-state index < -0.39 is 0 Å². The molecule has 0 saturated heterocycles. The highest BCUT2D eigenvalue weighted by Gasteiger charge is 2.15. The quantitative estimate of drug-likeness (QED) is 0.791. The monoisotopic (exact) mass is 269 g/mol. The van der Waals surface area contributed by atoms with Crippen molar-refractivity contribution in [2.75, 3.05) is 7.05 Å². The van der Waals surface area contributed by atoms with Crippen LogP contribution in [0.3, 0.4) is 0 Å². The minimum atomic E-state index is 0.761. The fourth-order valence-corrected chi connectivity index (χ4v) is 2.63. The van der Waals surface area contributed by atoms with Gasteiger partial charge in [-0.05, 0) is 31.7 Å². The molecular weight excluding hydrogens is 250 g/mol. The van der Waals surface area contributed by atoms with Gasteiger partial charge in [-0.3, -0.25) is 4.68 Å². The first kappa shape index (κ1) is 12.9. The normalized spacial score (nSPS) is 11.4. The molecule has 20 heavy (non-hydrogen) atoms. The summed E-state index contributed by atoms with van der Waals surface area (Å²) in [4.78, 5) is 4.44. The van der Waals surface area contributed by atoms with Crippen molar-refractivity contribution in [2.24, 2.45) is 14.1 Å². The summed E-state index contributed by atoms with van der Waals surface area (Å²) < 4.78 is 3.97. The van der Waals surface area contributed by atoms with Gasteiger partial charge in [0.1, 0.15) is 0 Å². The Morgan fingerprint density at radius 2 is 2.05 bits per heavy atom. The molecule has 0 unspecified atom stereocenters. The summed E-state index contributed by atoms with van der Waals surface area (Å²) >= 11 is 0. The summed E-state index contributed by atoms with van der Waals surface area (Å²) in [6.07, 6.45) is 1.85. The van der Waals surface area contributed by atoms with Gasteiger partial charge in [0.25, 0.3) is 0 Å². The van der Waals surface area contributed by atoms with E-state index in [1.54, 1.807) is 0 Å². The van der Waals surface area contributed by atoms with E-state index in [9.17, 15) is 0 Å². The Morgan fingerprint density at radius 1 is 1.25 bits per heavy atom. The van der Waals surface area contributed by atoms with Gasteiger partial charge in [0, 0.05) is 31.9 Å². The van der Waals surface area contributed by atoms with Crippen LogP contribution in [0.4, 0.5) is 0 Å². The van der Waals surface area contributed by atoms with E-state index in [2.05, 4.69) is 40.5 Å². The third-order valence-electron chi connectivity index (χ3n) is 3.76. The second kappa shape index (κ2) is 4.76. The van der Waals surface area contributed by atoms with Gasteiger partial charge in [-0.25, -0.2) is 4.98 Å². The molecule has 0 radical (unpaired) electrons. The van der Waals surface area contributed by atoms with Crippen molar-refractivity contribution in [3.63, 3.8) is 0 Å². The molecular formula is C15H19N5. The zero-order chi connectivity index (χ0) is 14.3. The molecule has 5 heteroatoms. The lowest BCUT2D eigenvalue weighted by Crippen LogP contribution is -2.07. The van der Waals surface area contributed by atoms with E-state index in [-0.39, 0.29) is 0 Å². The van der Waals surface area contributed by atoms with Crippen LogP contribution in [-0.2, 0) is 20.6 Å². The number of aryl methyl sites for hydroxylation is 2. The van der Waals surface area contributed by atoms with Crippen molar-refractivity contribution in [3.05, 3.63) is 35.9 Å². The average Bonchev–Trinajstić information content (AvgIpc) is 2.92. The molecule has 104 valence electrons. The fraction of sp³-hybridized carbons (Fsp3) is 0.333. The van der Waals surface area contributed by atoms with Crippen LogP contribution >= 0.6 is 0 Å². The first-order valence-electron chi connectivity index (χ1n) is 6.70. The van der Waals surface area contributed by atoms with Gasteiger partial charge in [0.15, 0.2) is 0 Å². The second-order valence-electron chi connectivity index (χ2n) is 5.12. The van der Waals surface area contributed by atoms with Gasteiger partial charge in [-0.1, -0.05) is 6.07 Å². The minimum absolute atomic E-state index is 0.761. The van der Waals surface area contributed by atoms with Crippen molar-refractivity contribution < 1.29 is 0 Å². The van der Waals surface area contributed by atoms with E-state index in [0.29, 0.717) is 0 Å². The zero-order valence-electron chi connectivity index (χ0n) is 12.3. The van der Waals surface area contributed by atoms with Crippen molar-refractivity contribution in [3.8, 4) is 11.1 Å². The highest BCUT2D eigenvalue weighted by molar-refractivity contribution is 5.83. The first-order valence-corrected chi connectivity index (χ1v) is 6.70. The van der Waals surface area contributed by atoms with Gasteiger partial charge in [0.2, 0.25) is 0 Å². The maximum absolute atomic E-state index is 4.59. The number of nitrogens with zero attached hydrogens (tertiary/aromatic N) is 4. The number of rotatable bonds is 3. The molecule has 0 fully saturated rings. The number of imidazole rings is 1. The van der Waals surface area contributed by atoms with Gasteiger partial charge in [0.05, 0.1) is 23.1 Å². The van der Waals surface area contributed by atoms with Crippen molar-refractivity contribution in [1.82, 2.24) is 24.6 Å². The molecule has 0 aliphatic carbocycles. The van der Waals surface area contributed by atoms with E-state index in [1.165, 1.54) is 16.8 Å². The van der Waals surface area contributed by atoms with Crippen molar-refractivity contribution >= 4 is 11.0 Å². The Balaban J connectivity index is 2.19. The van der Waals surface area contributed by atoms with Crippen LogP contribution in [0, 0.1) is 6.92 Å². The lowest BCUT2D eigenvalue weighted by Gasteiger charge is -2.05. The van der Waals surface area contributed by atoms with Crippen LogP contribution in [0.5, 0.6) is 0 Å². The minimum Gasteiger partial charge on any atom is -0.334 e. The topological polar surface area (TPSA) is 47.7 Å². The smallest absolute Gasteiger partial charge is 0.0955 e. The molecule has 5 nitrogen and oxygen atoms in total. The molecule has 3 aromatic rings. The highest BCUT2D eigenvalue weighted by atomic mass is 15.3. The molecule has 2 heterocycles. The first-order chi connectivity index (χ1) is 9.61. The standard InChI is InChI=1S/C15H19N5/c1-10-15(13(8-16-2)18-20(10)4)11-5-6-14-12(7-11)17-9-19(14)3/h5-7,9,16H,8H2,1-4H3. The summed E-state index contributed by atoms with van der Waals surface area (Å²) in [7, 11) is 5.93. The molecule has 0 atom stereocenters. The van der Waals surface area contributed by atoms with Crippen molar-refractivity contribution in [2.45, 2.75) is 13.5 Å². The largest absolute Gasteiger partial charge is 0.334 e. The number of fused-ring (bicyclic) bond motifs is 1. The Bertz CT molecular complexity index is 766. The lowest BCUT2D eigenvalue weighted by atomic mass is 10.0. The van der Waals surface area contributed by atoms with Crippen LogP contribution in [-0.4, -0.2) is 26.4 Å². The predicted molar refractivity (Wildman–Crippen MR) is 80.4 cm³/mol. The average molecular weight is 269 g/mol. The number of nitrogens with one attached hydrogen (secondary N) is 1. The summed E-state index contributed by atoms with van der Waals surface area (Å²) in [5, 5.41) is 7.77. The summed E-state index contributed by atoms with van der Waals surface area (Å²) in [6, 6.07) is 6.40. The summed E-state index contributed by atoms with van der Waals surface area (Å²) in [5.41, 5.74) is 6.78.